The van der Waals surface area contributed by atoms with Crippen molar-refractivity contribution in [3.63, 3.8) is 0 Å². The van der Waals surface area contributed by atoms with Crippen LogP contribution >= 0.6 is 11.6 Å². The smallest absolute Gasteiger partial charge is 0.244 e. The molecule has 0 unspecified atom stereocenters. The molecule has 0 aliphatic carbocycles. The standard InChI is InChI=1S/C21H20ClN3O6S2/c1-30-18-9-14(7-8-17(18)31-12-13-5-3-2-4-6-13)21-24-16-10-15(22)19(32(23,26)27)11-20(16)33(28,29)25-21/h2-11,21,24-25H,12H2,1H3,(H2,23,26,27)/t21-/m1/s1. The van der Waals surface area contributed by atoms with Gasteiger partial charge in [-0.2, -0.15) is 4.72 Å². The SMILES string of the molecule is COc1cc([C@@H]2Nc3cc(Cl)c(S(N)(=O)=O)cc3S(=O)(=O)N2)ccc1OCc1ccccc1. The number of hydrogen-bond acceptors (Lipinski definition) is 7. The Morgan fingerprint density at radius 2 is 1.79 bits per heavy atom. The van der Waals surface area contributed by atoms with Gasteiger partial charge in [0.15, 0.2) is 11.5 Å². The van der Waals surface area contributed by atoms with E-state index >= 15 is 0 Å². The van der Waals surface area contributed by atoms with Crippen LogP contribution in [-0.4, -0.2) is 23.9 Å². The van der Waals surface area contributed by atoms with Gasteiger partial charge in [0, 0.05) is 0 Å². The minimum Gasteiger partial charge on any atom is -0.493 e. The Bertz CT molecular complexity index is 1410. The molecule has 0 bridgehead atoms. The van der Waals surface area contributed by atoms with Crippen LogP contribution in [0.2, 0.25) is 5.02 Å². The van der Waals surface area contributed by atoms with E-state index in [-0.39, 0.29) is 15.6 Å². The predicted octanol–water partition coefficient (Wildman–Crippen LogP) is 2.98. The lowest BCUT2D eigenvalue weighted by atomic mass is 10.1. The first-order valence-electron chi connectivity index (χ1n) is 9.58. The summed E-state index contributed by atoms with van der Waals surface area (Å²) in [6.45, 7) is 0.336. The summed E-state index contributed by atoms with van der Waals surface area (Å²) in [6, 6.07) is 16.8. The van der Waals surface area contributed by atoms with Gasteiger partial charge in [-0.15, -0.1) is 0 Å². The Hall–Kier alpha value is -2.83. The molecule has 3 aromatic rings. The van der Waals surface area contributed by atoms with Gasteiger partial charge in [-0.25, -0.2) is 22.0 Å². The first-order valence-corrected chi connectivity index (χ1v) is 13.0. The Morgan fingerprint density at radius 1 is 1.06 bits per heavy atom. The second kappa shape index (κ2) is 8.84. The minimum absolute atomic E-state index is 0.138. The second-order valence-corrected chi connectivity index (χ2v) is 10.8. The summed E-state index contributed by atoms with van der Waals surface area (Å²) in [7, 11) is -6.80. The van der Waals surface area contributed by atoms with E-state index in [1.807, 2.05) is 30.3 Å². The van der Waals surface area contributed by atoms with E-state index in [1.54, 1.807) is 18.2 Å². The van der Waals surface area contributed by atoms with E-state index in [4.69, 9.17) is 26.2 Å². The zero-order valence-electron chi connectivity index (χ0n) is 17.3. The molecule has 0 spiro atoms. The van der Waals surface area contributed by atoms with E-state index in [9.17, 15) is 16.8 Å². The van der Waals surface area contributed by atoms with E-state index in [2.05, 4.69) is 10.0 Å². The van der Waals surface area contributed by atoms with Crippen LogP contribution in [0.4, 0.5) is 5.69 Å². The molecule has 0 saturated heterocycles. The van der Waals surface area contributed by atoms with E-state index in [1.165, 1.54) is 13.2 Å². The monoisotopic (exact) mass is 509 g/mol. The van der Waals surface area contributed by atoms with Crippen LogP contribution < -0.4 is 24.7 Å². The number of methoxy groups -OCH3 is 1. The molecule has 1 aliphatic rings. The molecule has 0 fully saturated rings. The Kier molecular flexibility index (Phi) is 6.25. The lowest BCUT2D eigenvalue weighted by Crippen LogP contribution is -2.38. The molecule has 0 aromatic heterocycles. The van der Waals surface area contributed by atoms with Crippen LogP contribution in [0.3, 0.4) is 0 Å². The predicted molar refractivity (Wildman–Crippen MR) is 123 cm³/mol. The molecule has 0 amide bonds. The molecule has 12 heteroatoms. The van der Waals surface area contributed by atoms with E-state index < -0.39 is 31.1 Å². The molecule has 3 aromatic carbocycles. The van der Waals surface area contributed by atoms with Gasteiger partial charge >= 0.3 is 0 Å². The molecule has 1 aliphatic heterocycles. The molecule has 4 rings (SSSR count). The van der Waals surface area contributed by atoms with Crippen LogP contribution in [0.15, 0.2) is 70.5 Å². The Labute approximate surface area is 196 Å². The number of ether oxygens (including phenoxy) is 2. The number of nitrogens with one attached hydrogen (secondary N) is 2. The number of sulfonamides is 2. The highest BCUT2D eigenvalue weighted by Crippen LogP contribution is 2.38. The maximum Gasteiger partial charge on any atom is 0.244 e. The van der Waals surface area contributed by atoms with Crippen molar-refractivity contribution in [2.24, 2.45) is 5.14 Å². The highest BCUT2D eigenvalue weighted by molar-refractivity contribution is 7.90. The third-order valence-electron chi connectivity index (χ3n) is 4.96. The van der Waals surface area contributed by atoms with Crippen molar-refractivity contribution in [2.45, 2.75) is 22.6 Å². The average molecular weight is 510 g/mol. The normalized spacial score (nSPS) is 17.0. The van der Waals surface area contributed by atoms with Gasteiger partial charge in [-0.05, 0) is 35.4 Å². The van der Waals surface area contributed by atoms with Crippen molar-refractivity contribution in [3.8, 4) is 11.5 Å². The first-order chi connectivity index (χ1) is 15.6. The van der Waals surface area contributed by atoms with Gasteiger partial charge in [0.05, 0.1) is 17.8 Å². The maximum absolute atomic E-state index is 12.8. The Morgan fingerprint density at radius 3 is 2.45 bits per heavy atom. The second-order valence-electron chi connectivity index (χ2n) is 7.21. The van der Waals surface area contributed by atoms with Crippen molar-refractivity contribution in [3.05, 3.63) is 76.8 Å². The quantitative estimate of drug-likeness (QED) is 0.464. The molecule has 9 nitrogen and oxygen atoms in total. The summed E-state index contributed by atoms with van der Waals surface area (Å²) in [5.41, 5.74) is 1.66. The molecule has 1 atom stereocenters. The van der Waals surface area contributed by atoms with Crippen molar-refractivity contribution in [1.82, 2.24) is 4.72 Å². The molecule has 1 heterocycles. The zero-order chi connectivity index (χ0) is 23.8. The fraction of sp³-hybridized carbons (Fsp3) is 0.143. The molecule has 4 N–H and O–H groups in total. The van der Waals surface area contributed by atoms with Gasteiger partial charge in [0.2, 0.25) is 20.0 Å². The third kappa shape index (κ3) is 4.92. The molecule has 0 radical (unpaired) electrons. The number of benzene rings is 3. The van der Waals surface area contributed by atoms with Crippen molar-refractivity contribution in [2.75, 3.05) is 12.4 Å². The van der Waals surface area contributed by atoms with E-state index in [0.29, 0.717) is 23.7 Å². The lowest BCUT2D eigenvalue weighted by molar-refractivity contribution is 0.284. The van der Waals surface area contributed by atoms with Gasteiger partial charge in [-0.3, -0.25) is 0 Å². The number of anilines is 1. The van der Waals surface area contributed by atoms with Crippen LogP contribution in [-0.2, 0) is 26.7 Å². The van der Waals surface area contributed by atoms with Crippen molar-refractivity contribution in [1.29, 1.82) is 0 Å². The van der Waals surface area contributed by atoms with E-state index in [0.717, 1.165) is 11.6 Å². The minimum atomic E-state index is -4.20. The van der Waals surface area contributed by atoms with Crippen LogP contribution in [0.5, 0.6) is 11.5 Å². The fourth-order valence-corrected chi connectivity index (χ4v) is 5.85. The third-order valence-corrected chi connectivity index (χ3v) is 7.80. The molecular formula is C21H20ClN3O6S2. The average Bonchev–Trinajstić information content (AvgIpc) is 2.76. The van der Waals surface area contributed by atoms with Gasteiger partial charge in [0.25, 0.3) is 0 Å². The van der Waals surface area contributed by atoms with Gasteiger partial charge in [-0.1, -0.05) is 48.0 Å². The Balaban J connectivity index is 1.63. The number of halogens is 1. The summed E-state index contributed by atoms with van der Waals surface area (Å²) in [5.74, 6) is 0.905. The largest absolute Gasteiger partial charge is 0.493 e. The lowest BCUT2D eigenvalue weighted by Gasteiger charge is -2.29. The summed E-state index contributed by atoms with van der Waals surface area (Å²) in [6.07, 6.45) is -0.865. The number of fused-ring (bicyclic) bond motifs is 1. The fourth-order valence-electron chi connectivity index (χ4n) is 3.36. The van der Waals surface area contributed by atoms with Gasteiger partial charge in [0.1, 0.15) is 22.6 Å². The molecule has 174 valence electrons. The molecular weight excluding hydrogens is 490 g/mol. The summed E-state index contributed by atoms with van der Waals surface area (Å²) in [4.78, 5) is -0.753. The van der Waals surface area contributed by atoms with Crippen molar-refractivity contribution < 1.29 is 26.3 Å². The first kappa shape index (κ1) is 23.3. The zero-order valence-corrected chi connectivity index (χ0v) is 19.7. The summed E-state index contributed by atoms with van der Waals surface area (Å²) in [5, 5.41) is 7.95. The van der Waals surface area contributed by atoms with Gasteiger partial charge < -0.3 is 14.8 Å². The number of hydrogen-bond donors (Lipinski definition) is 3. The topological polar surface area (TPSA) is 137 Å². The highest BCUT2D eigenvalue weighted by atomic mass is 35.5. The maximum atomic E-state index is 12.8. The number of nitrogens with two attached hydrogens (primary N) is 1. The highest BCUT2D eigenvalue weighted by Gasteiger charge is 2.33. The van der Waals surface area contributed by atoms with Crippen molar-refractivity contribution >= 4 is 37.3 Å². The molecule has 33 heavy (non-hydrogen) atoms. The van der Waals surface area contributed by atoms with Crippen LogP contribution in [0.25, 0.3) is 0 Å². The summed E-state index contributed by atoms with van der Waals surface area (Å²) < 4.78 is 62.9. The van der Waals surface area contributed by atoms with Crippen LogP contribution in [0, 0.1) is 0 Å². The number of primary sulfonamides is 1. The molecule has 0 saturated carbocycles. The summed E-state index contributed by atoms with van der Waals surface area (Å²) >= 11 is 6.04. The van der Waals surface area contributed by atoms with Crippen LogP contribution in [0.1, 0.15) is 17.3 Å². The number of rotatable bonds is 6.